The van der Waals surface area contributed by atoms with Gasteiger partial charge in [0.05, 0.1) is 0 Å². The van der Waals surface area contributed by atoms with Crippen LogP contribution >= 0.6 is 0 Å². The van der Waals surface area contributed by atoms with Gasteiger partial charge in [-0.05, 0) is 0 Å². The van der Waals surface area contributed by atoms with Crippen LogP contribution in [0.25, 0.3) is 0 Å². The van der Waals surface area contributed by atoms with Gasteiger partial charge in [0.1, 0.15) is 0 Å². The lowest BCUT2D eigenvalue weighted by molar-refractivity contribution is -0.132. The Labute approximate surface area is 77.8 Å². The zero-order valence-electron chi connectivity index (χ0n) is 6.50. The van der Waals surface area contributed by atoms with E-state index in [9.17, 15) is 9.59 Å². The molecule has 6 nitrogen and oxygen atoms in total. The van der Waals surface area contributed by atoms with E-state index in [1.165, 1.54) is 0 Å². The van der Waals surface area contributed by atoms with Crippen LogP contribution in [0.1, 0.15) is 0 Å². The van der Waals surface area contributed by atoms with Gasteiger partial charge in [0, 0.05) is 12.2 Å². The largest absolute Gasteiger partial charge is 0.478 e. The predicted molar refractivity (Wildman–Crippen MR) is 44.6 cm³/mol. The topological polar surface area (TPSA) is 109 Å². The third-order valence-corrected chi connectivity index (χ3v) is 0.349. The second-order valence-corrected chi connectivity index (χ2v) is 1.29. The Bertz CT molecular complexity index is 197. The Morgan fingerprint density at radius 3 is 1.08 bits per heavy atom. The summed E-state index contributed by atoms with van der Waals surface area (Å²) < 4.78 is 16.6. The van der Waals surface area contributed by atoms with Crippen molar-refractivity contribution in [3.8, 4) is 0 Å². The van der Waals surface area contributed by atoms with Crippen molar-refractivity contribution in [3.05, 3.63) is 25.3 Å². The summed E-state index contributed by atoms with van der Waals surface area (Å²) >= 11 is -0.750. The van der Waals surface area contributed by atoms with Gasteiger partial charge in [-0.15, -0.1) is 0 Å². The molecule has 0 saturated heterocycles. The summed E-state index contributed by atoms with van der Waals surface area (Å²) in [5.74, 6) is -1.96. The summed E-state index contributed by atoms with van der Waals surface area (Å²) in [5.41, 5.74) is 0. The maximum Gasteiger partial charge on any atom is 0.335 e. The highest BCUT2D eigenvalue weighted by molar-refractivity contribution is 7.51. The van der Waals surface area contributed by atoms with Crippen molar-refractivity contribution in [2.24, 2.45) is 0 Å². The highest BCUT2D eigenvalue weighted by Crippen LogP contribution is 1.55. The third kappa shape index (κ3) is 139. The number of carboxylic acids is 2. The molecule has 0 rings (SSSR count). The van der Waals surface area contributed by atoms with Gasteiger partial charge in [0.2, 0.25) is 0 Å². The summed E-state index contributed by atoms with van der Waals surface area (Å²) in [6, 6.07) is 0. The van der Waals surface area contributed by atoms with Gasteiger partial charge in [0.25, 0.3) is 0 Å². The number of aliphatic carboxylic acids is 2. The fraction of sp³-hybridized carbons (Fsp3) is 0. The molecule has 0 fully saturated rings. The van der Waals surface area contributed by atoms with Gasteiger partial charge in [0.15, 0.2) is 0 Å². The monoisotopic (exact) mass is 208 g/mol. The molecule has 0 saturated carbocycles. The average Bonchev–Trinajstić information content (AvgIpc) is 2.07. The first-order chi connectivity index (χ1) is 5.95. The number of carbonyl (C=O) groups is 2. The fourth-order valence-corrected chi connectivity index (χ4v) is 0. The maximum atomic E-state index is 9.25. The molecule has 13 heavy (non-hydrogen) atoms. The number of carboxylic acid groups (broad SMARTS) is 2. The van der Waals surface area contributed by atoms with E-state index >= 15 is 0 Å². The van der Waals surface area contributed by atoms with Crippen LogP contribution in [0.5, 0.6) is 0 Å². The number of hydrogen-bond acceptors (Lipinski definition) is 4. The molecular weight excluding hydrogens is 200 g/mol. The molecule has 0 atom stereocenters. The summed E-state index contributed by atoms with van der Waals surface area (Å²) in [5, 5.41) is 15.2. The minimum absolute atomic E-state index is 0.750. The number of hydrogen-bond donors (Lipinski definition) is 2. The Morgan fingerprint density at radius 1 is 1.00 bits per heavy atom. The van der Waals surface area contributed by atoms with Crippen molar-refractivity contribution in [1.82, 2.24) is 0 Å². The smallest absolute Gasteiger partial charge is 0.335 e. The summed E-state index contributed by atoms with van der Waals surface area (Å²) in [4.78, 5) is 18.5. The predicted octanol–water partition coefficient (Wildman–Crippen LogP) is -0.156. The summed E-state index contributed by atoms with van der Waals surface area (Å²) in [6.45, 7) is 5.92. The molecule has 0 spiro atoms. The van der Waals surface area contributed by atoms with E-state index in [0.717, 1.165) is 12.2 Å². The van der Waals surface area contributed by atoms with Gasteiger partial charge in [-0.3, -0.25) is 0 Å². The molecule has 2 N–H and O–H groups in total. The highest BCUT2D eigenvalue weighted by atomic mass is 32.1. The Kier molecular flexibility index (Phi) is 22.3. The van der Waals surface area contributed by atoms with Crippen molar-refractivity contribution in [2.45, 2.75) is 0 Å². The highest BCUT2D eigenvalue weighted by Gasteiger charge is 1.73. The van der Waals surface area contributed by atoms with Crippen LogP contribution < -0.4 is 0 Å². The van der Waals surface area contributed by atoms with E-state index in [4.69, 9.17) is 18.6 Å². The van der Waals surface area contributed by atoms with Crippen LogP contribution in [0.2, 0.25) is 0 Å². The van der Waals surface area contributed by atoms with Crippen LogP contribution in [0.3, 0.4) is 0 Å². The zero-order chi connectivity index (χ0) is 11.3. The van der Waals surface area contributed by atoms with E-state index in [0.29, 0.717) is 0 Å². The SMILES string of the molecule is C=CC(=O)O.C=CC(=O)O.O=S=O. The van der Waals surface area contributed by atoms with Gasteiger partial charge in [-0.25, -0.2) is 9.59 Å². The second kappa shape index (κ2) is 16.7. The van der Waals surface area contributed by atoms with Gasteiger partial charge in [-0.2, -0.15) is 8.42 Å². The van der Waals surface area contributed by atoms with Crippen LogP contribution in [0, 0.1) is 0 Å². The van der Waals surface area contributed by atoms with Crippen molar-refractivity contribution in [2.75, 3.05) is 0 Å². The minimum Gasteiger partial charge on any atom is -0.478 e. The van der Waals surface area contributed by atoms with Crippen molar-refractivity contribution in [1.29, 1.82) is 0 Å². The molecule has 7 heteroatoms. The number of rotatable bonds is 2. The first-order valence-electron chi connectivity index (χ1n) is 2.58. The van der Waals surface area contributed by atoms with E-state index < -0.39 is 23.5 Å². The molecule has 0 aromatic rings. The minimum atomic E-state index is -0.981. The molecule has 0 radical (unpaired) electrons. The molecule has 0 aliphatic rings. The Morgan fingerprint density at radius 2 is 1.08 bits per heavy atom. The summed E-state index contributed by atoms with van der Waals surface area (Å²) in [6.07, 6.45) is 1.67. The standard InChI is InChI=1S/2C3H4O2.O2S/c2*1-2-3(4)5;1-3-2/h2*2H,1H2,(H,4,5);. The van der Waals surface area contributed by atoms with Crippen molar-refractivity contribution >= 4 is 23.5 Å². The molecule has 0 aromatic carbocycles. The molecule has 0 heterocycles. The van der Waals surface area contributed by atoms with Crippen molar-refractivity contribution < 1.29 is 28.2 Å². The zero-order valence-corrected chi connectivity index (χ0v) is 7.32. The molecule has 0 aliphatic heterocycles. The Hall–Kier alpha value is -1.76. The van der Waals surface area contributed by atoms with Crippen LogP contribution in [0.15, 0.2) is 25.3 Å². The van der Waals surface area contributed by atoms with E-state index in [1.807, 2.05) is 0 Å². The van der Waals surface area contributed by atoms with E-state index in [1.54, 1.807) is 0 Å². The summed E-state index contributed by atoms with van der Waals surface area (Å²) in [7, 11) is 0. The van der Waals surface area contributed by atoms with Crippen LogP contribution in [-0.4, -0.2) is 30.6 Å². The molecule has 0 unspecified atom stereocenters. The van der Waals surface area contributed by atoms with Crippen molar-refractivity contribution in [3.63, 3.8) is 0 Å². The molecule has 0 aliphatic carbocycles. The Balaban J connectivity index is -0.000000120. The lowest BCUT2D eigenvalue weighted by atomic mass is 10.7. The van der Waals surface area contributed by atoms with Gasteiger partial charge < -0.3 is 10.2 Å². The van der Waals surface area contributed by atoms with Crippen LogP contribution in [0.4, 0.5) is 0 Å². The molecule has 0 amide bonds. The fourth-order valence-electron chi connectivity index (χ4n) is 0. The molecular formula is C6H8O6S. The van der Waals surface area contributed by atoms with Gasteiger partial charge >= 0.3 is 23.5 Å². The van der Waals surface area contributed by atoms with E-state index in [-0.39, 0.29) is 0 Å². The molecule has 74 valence electrons. The quantitative estimate of drug-likeness (QED) is 0.610. The van der Waals surface area contributed by atoms with Crippen LogP contribution in [-0.2, 0) is 21.2 Å². The van der Waals surface area contributed by atoms with E-state index in [2.05, 4.69) is 13.2 Å². The first-order valence-corrected chi connectivity index (χ1v) is 3.25. The maximum absolute atomic E-state index is 9.25. The lowest BCUT2D eigenvalue weighted by Crippen LogP contribution is -1.82. The molecule has 0 bridgehead atoms. The third-order valence-electron chi connectivity index (χ3n) is 0.349. The van der Waals surface area contributed by atoms with Gasteiger partial charge in [-0.1, -0.05) is 13.2 Å². The normalized spacial score (nSPS) is 5.85. The molecule has 0 aromatic heterocycles. The lowest BCUT2D eigenvalue weighted by Gasteiger charge is -1.64. The second-order valence-electron chi connectivity index (χ2n) is 1.15. The average molecular weight is 208 g/mol. The first kappa shape index (κ1) is 17.4.